The molecule has 0 unspecified atom stereocenters. The van der Waals surface area contributed by atoms with Gasteiger partial charge in [0.05, 0.1) is 13.0 Å². The average Bonchev–Trinajstić information content (AvgIpc) is 3.37. The molecule has 1 saturated heterocycles. The van der Waals surface area contributed by atoms with Crippen molar-refractivity contribution in [1.29, 1.82) is 0 Å². The van der Waals surface area contributed by atoms with Gasteiger partial charge in [-0.25, -0.2) is 0 Å². The summed E-state index contributed by atoms with van der Waals surface area (Å²) in [7, 11) is 0. The molecular weight excluding hydrogens is 422 g/mol. The maximum Gasteiger partial charge on any atom is 0.254 e. The lowest BCUT2D eigenvalue weighted by Crippen LogP contribution is -2.49. The fourth-order valence-electron chi connectivity index (χ4n) is 4.02. The Balaban J connectivity index is 0.00000231. The molecule has 5 rings (SSSR count). The number of nitrogens with one attached hydrogen (secondary N) is 1. The molecule has 1 fully saturated rings. The second kappa shape index (κ2) is 8.56. The maximum atomic E-state index is 12.8. The van der Waals surface area contributed by atoms with E-state index in [2.05, 4.69) is 10.2 Å². The van der Waals surface area contributed by atoms with E-state index in [0.717, 1.165) is 11.3 Å². The Morgan fingerprint density at radius 3 is 2.48 bits per heavy atom. The van der Waals surface area contributed by atoms with E-state index in [1.807, 2.05) is 0 Å². The zero-order chi connectivity index (χ0) is 20.7. The number of carbonyl (C=O) groups is 3. The SMILES string of the molecule is Cl.O=C1Cc2cc(C(=O)CN3CCN(C(=O)c4ccc5c(c4)OCO5)CC3)ccc2N1. The Bertz CT molecular complexity index is 1050. The number of Topliss-reactive ketones (excluding diaryl/α,β-unsaturated/α-hetero) is 1. The van der Waals surface area contributed by atoms with Gasteiger partial charge in [-0.2, -0.15) is 0 Å². The summed E-state index contributed by atoms with van der Waals surface area (Å²) >= 11 is 0. The van der Waals surface area contributed by atoms with Gasteiger partial charge in [-0.05, 0) is 42.0 Å². The summed E-state index contributed by atoms with van der Waals surface area (Å²) in [4.78, 5) is 40.8. The fraction of sp³-hybridized carbons (Fsp3) is 0.318. The smallest absolute Gasteiger partial charge is 0.254 e. The van der Waals surface area contributed by atoms with Crippen LogP contribution in [0.5, 0.6) is 11.5 Å². The number of ether oxygens (including phenoxy) is 2. The first-order chi connectivity index (χ1) is 14.6. The van der Waals surface area contributed by atoms with Crippen molar-refractivity contribution in [3.8, 4) is 11.5 Å². The summed E-state index contributed by atoms with van der Waals surface area (Å²) in [5, 5.41) is 2.77. The van der Waals surface area contributed by atoms with Crippen molar-refractivity contribution in [3.05, 3.63) is 53.1 Å². The molecule has 0 aromatic heterocycles. The molecular formula is C22H22ClN3O5. The average molecular weight is 444 g/mol. The minimum Gasteiger partial charge on any atom is -0.454 e. The third kappa shape index (κ3) is 4.22. The highest BCUT2D eigenvalue weighted by Crippen LogP contribution is 2.33. The van der Waals surface area contributed by atoms with Crippen molar-refractivity contribution < 1.29 is 23.9 Å². The van der Waals surface area contributed by atoms with Crippen molar-refractivity contribution >= 4 is 35.7 Å². The van der Waals surface area contributed by atoms with E-state index in [4.69, 9.17) is 9.47 Å². The van der Waals surface area contributed by atoms with Gasteiger partial charge in [-0.3, -0.25) is 19.3 Å². The van der Waals surface area contributed by atoms with Gasteiger partial charge < -0.3 is 19.7 Å². The highest BCUT2D eigenvalue weighted by molar-refractivity contribution is 6.02. The molecule has 2 amide bonds. The Labute approximate surface area is 185 Å². The number of halogens is 1. The molecule has 3 aliphatic rings. The molecule has 0 saturated carbocycles. The summed E-state index contributed by atoms with van der Waals surface area (Å²) in [6, 6.07) is 10.6. The molecule has 31 heavy (non-hydrogen) atoms. The summed E-state index contributed by atoms with van der Waals surface area (Å²) in [5.41, 5.74) is 2.84. The first kappa shape index (κ1) is 21.1. The van der Waals surface area contributed by atoms with Crippen LogP contribution in [0, 0.1) is 0 Å². The third-order valence-electron chi connectivity index (χ3n) is 5.70. The molecule has 162 valence electrons. The second-order valence-electron chi connectivity index (χ2n) is 7.66. The number of anilines is 1. The molecule has 3 aliphatic heterocycles. The molecule has 3 heterocycles. The van der Waals surface area contributed by atoms with Crippen LogP contribution in [0.1, 0.15) is 26.3 Å². The Morgan fingerprint density at radius 2 is 1.68 bits per heavy atom. The summed E-state index contributed by atoms with van der Waals surface area (Å²) < 4.78 is 10.6. The van der Waals surface area contributed by atoms with Crippen LogP contribution in [0.3, 0.4) is 0 Å². The van der Waals surface area contributed by atoms with Crippen LogP contribution in [0.2, 0.25) is 0 Å². The van der Waals surface area contributed by atoms with Crippen molar-refractivity contribution in [2.24, 2.45) is 0 Å². The van der Waals surface area contributed by atoms with E-state index in [9.17, 15) is 14.4 Å². The number of hydrogen-bond donors (Lipinski definition) is 1. The number of benzene rings is 2. The normalized spacial score (nSPS) is 17.0. The lowest BCUT2D eigenvalue weighted by atomic mass is 10.0. The quantitative estimate of drug-likeness (QED) is 0.727. The lowest BCUT2D eigenvalue weighted by molar-refractivity contribution is -0.115. The van der Waals surface area contributed by atoms with E-state index >= 15 is 0 Å². The molecule has 8 nitrogen and oxygen atoms in total. The number of ketones is 1. The van der Waals surface area contributed by atoms with E-state index in [0.29, 0.717) is 61.8 Å². The molecule has 9 heteroatoms. The zero-order valence-electron chi connectivity index (χ0n) is 16.8. The third-order valence-corrected chi connectivity index (χ3v) is 5.70. The largest absolute Gasteiger partial charge is 0.454 e. The van der Waals surface area contributed by atoms with E-state index in [1.54, 1.807) is 41.3 Å². The van der Waals surface area contributed by atoms with Crippen LogP contribution in [0.15, 0.2) is 36.4 Å². The van der Waals surface area contributed by atoms with E-state index in [-0.39, 0.29) is 36.8 Å². The van der Waals surface area contributed by atoms with Crippen LogP contribution in [0.4, 0.5) is 5.69 Å². The van der Waals surface area contributed by atoms with Gasteiger partial charge in [0.1, 0.15) is 0 Å². The Kier molecular flexibility index (Phi) is 5.84. The number of piperazine rings is 1. The standard InChI is InChI=1S/C22H21N3O5.ClH/c26-18(14-1-3-17-16(9-14)11-21(27)23-17)12-24-5-7-25(8-6-24)22(28)15-2-4-19-20(10-15)30-13-29-19;/h1-4,9-10H,5-8,11-13H2,(H,23,27);1H. The zero-order valence-corrected chi connectivity index (χ0v) is 17.6. The van der Waals surface area contributed by atoms with Gasteiger partial charge in [0.15, 0.2) is 17.3 Å². The van der Waals surface area contributed by atoms with Crippen molar-refractivity contribution in [2.45, 2.75) is 6.42 Å². The minimum atomic E-state index is -0.0462. The maximum absolute atomic E-state index is 12.8. The molecule has 0 radical (unpaired) electrons. The Hall–Kier alpha value is -3.10. The fourth-order valence-corrected chi connectivity index (χ4v) is 4.02. The van der Waals surface area contributed by atoms with Gasteiger partial charge in [0.25, 0.3) is 5.91 Å². The number of carbonyl (C=O) groups excluding carboxylic acids is 3. The topological polar surface area (TPSA) is 88.2 Å². The van der Waals surface area contributed by atoms with E-state index in [1.165, 1.54) is 0 Å². The number of nitrogens with zero attached hydrogens (tertiary/aromatic N) is 2. The van der Waals surface area contributed by atoms with Crippen LogP contribution in [0.25, 0.3) is 0 Å². The van der Waals surface area contributed by atoms with Crippen LogP contribution < -0.4 is 14.8 Å². The predicted octanol–water partition coefficient (Wildman–Crippen LogP) is 1.97. The lowest BCUT2D eigenvalue weighted by Gasteiger charge is -2.34. The number of fused-ring (bicyclic) bond motifs is 2. The van der Waals surface area contributed by atoms with Gasteiger partial charge in [0.2, 0.25) is 12.7 Å². The van der Waals surface area contributed by atoms with Crippen LogP contribution >= 0.6 is 12.4 Å². The molecule has 0 atom stereocenters. The van der Waals surface area contributed by atoms with Crippen molar-refractivity contribution in [1.82, 2.24) is 9.80 Å². The number of rotatable bonds is 4. The minimum absolute atomic E-state index is 0. The highest BCUT2D eigenvalue weighted by atomic mass is 35.5. The molecule has 1 N–H and O–H groups in total. The molecule has 2 aromatic carbocycles. The predicted molar refractivity (Wildman–Crippen MR) is 115 cm³/mol. The molecule has 0 bridgehead atoms. The van der Waals surface area contributed by atoms with Gasteiger partial charge >= 0.3 is 0 Å². The molecule has 2 aromatic rings. The Morgan fingerprint density at radius 1 is 0.935 bits per heavy atom. The van der Waals surface area contributed by atoms with Crippen molar-refractivity contribution in [2.75, 3.05) is 44.8 Å². The second-order valence-corrected chi connectivity index (χ2v) is 7.66. The summed E-state index contributed by atoms with van der Waals surface area (Å²) in [5.74, 6) is 1.18. The van der Waals surface area contributed by atoms with Crippen LogP contribution in [-0.4, -0.2) is 66.9 Å². The van der Waals surface area contributed by atoms with Crippen LogP contribution in [-0.2, 0) is 11.2 Å². The summed E-state index contributed by atoms with van der Waals surface area (Å²) in [6.45, 7) is 2.86. The number of amides is 2. The van der Waals surface area contributed by atoms with E-state index < -0.39 is 0 Å². The number of hydrogen-bond acceptors (Lipinski definition) is 6. The van der Waals surface area contributed by atoms with Gasteiger partial charge in [-0.1, -0.05) is 0 Å². The highest BCUT2D eigenvalue weighted by Gasteiger charge is 2.26. The summed E-state index contributed by atoms with van der Waals surface area (Å²) in [6.07, 6.45) is 0.317. The van der Waals surface area contributed by atoms with Gasteiger partial charge in [0, 0.05) is 43.0 Å². The molecule has 0 spiro atoms. The van der Waals surface area contributed by atoms with Crippen molar-refractivity contribution in [3.63, 3.8) is 0 Å². The monoisotopic (exact) mass is 443 g/mol. The van der Waals surface area contributed by atoms with Gasteiger partial charge in [-0.15, -0.1) is 12.4 Å². The first-order valence-electron chi connectivity index (χ1n) is 9.94. The molecule has 0 aliphatic carbocycles. The first-order valence-corrected chi connectivity index (χ1v) is 9.94.